The summed E-state index contributed by atoms with van der Waals surface area (Å²) in [6, 6.07) is 12.6. The van der Waals surface area contributed by atoms with Crippen molar-refractivity contribution in [3.63, 3.8) is 0 Å². The van der Waals surface area contributed by atoms with Crippen molar-refractivity contribution >= 4 is 39.9 Å². The maximum absolute atomic E-state index is 13.8. The molecule has 2 amide bonds. The van der Waals surface area contributed by atoms with E-state index in [-0.39, 0.29) is 11.8 Å². The van der Waals surface area contributed by atoms with Crippen molar-refractivity contribution in [2.24, 2.45) is 0 Å². The van der Waals surface area contributed by atoms with Gasteiger partial charge >= 0.3 is 0 Å². The number of aromatic nitrogens is 1. The summed E-state index contributed by atoms with van der Waals surface area (Å²) in [5.74, 6) is 1.14. The third kappa shape index (κ3) is 6.09. The smallest absolute Gasteiger partial charge is 0.264 e. The first-order valence-corrected chi connectivity index (χ1v) is 14.6. The number of carbonyl (C=O) groups excluding carboxylic acids is 2. The zero-order chi connectivity index (χ0) is 26.6. The van der Waals surface area contributed by atoms with Gasteiger partial charge in [0.15, 0.2) is 0 Å². The number of fused-ring (bicyclic) bond motifs is 1. The maximum Gasteiger partial charge on any atom is 0.264 e. The molecule has 200 valence electrons. The lowest BCUT2D eigenvalue weighted by Crippen LogP contribution is -2.48. The van der Waals surface area contributed by atoms with Crippen LogP contribution in [0.2, 0.25) is 0 Å². The van der Waals surface area contributed by atoms with Crippen LogP contribution in [0.25, 0.3) is 10.9 Å². The van der Waals surface area contributed by atoms with Crippen LogP contribution in [0.3, 0.4) is 0 Å². The summed E-state index contributed by atoms with van der Waals surface area (Å²) in [6.07, 6.45) is 8.10. The quantitative estimate of drug-likeness (QED) is 0.346. The van der Waals surface area contributed by atoms with Crippen molar-refractivity contribution in [2.75, 3.05) is 37.6 Å². The van der Waals surface area contributed by atoms with Gasteiger partial charge in [0, 0.05) is 62.0 Å². The Morgan fingerprint density at radius 3 is 2.53 bits per heavy atom. The lowest BCUT2D eigenvalue weighted by molar-refractivity contribution is -0.129. The largest absolute Gasteiger partial charge is 0.353 e. The van der Waals surface area contributed by atoms with E-state index in [4.69, 9.17) is 4.98 Å². The van der Waals surface area contributed by atoms with Gasteiger partial charge in [-0.15, -0.1) is 11.3 Å². The Balaban J connectivity index is 1.48. The van der Waals surface area contributed by atoms with Gasteiger partial charge in [0.25, 0.3) is 5.91 Å². The van der Waals surface area contributed by atoms with Crippen LogP contribution in [0.1, 0.15) is 64.7 Å². The molecule has 7 heteroatoms. The molecule has 0 unspecified atom stereocenters. The lowest BCUT2D eigenvalue weighted by Gasteiger charge is -2.36. The first-order valence-electron chi connectivity index (χ1n) is 13.8. The zero-order valence-electron chi connectivity index (χ0n) is 22.8. The molecule has 0 bridgehead atoms. The van der Waals surface area contributed by atoms with E-state index in [1.54, 1.807) is 18.3 Å². The summed E-state index contributed by atoms with van der Waals surface area (Å²) < 4.78 is 0. The fraction of sp³-hybridized carbons (Fsp3) is 0.452. The van der Waals surface area contributed by atoms with Crippen LogP contribution >= 0.6 is 11.3 Å². The number of anilines is 1. The zero-order valence-corrected chi connectivity index (χ0v) is 23.6. The number of nitrogens with zero attached hydrogens (tertiary/aromatic N) is 4. The first-order chi connectivity index (χ1) is 18.4. The number of carbonyl (C=O) groups is 2. The molecule has 6 nitrogen and oxygen atoms in total. The van der Waals surface area contributed by atoms with Gasteiger partial charge in [0.05, 0.1) is 10.4 Å². The molecule has 1 fully saturated rings. The van der Waals surface area contributed by atoms with Crippen LogP contribution < -0.4 is 4.90 Å². The number of benzene rings is 1. The van der Waals surface area contributed by atoms with E-state index in [1.807, 2.05) is 28.9 Å². The van der Waals surface area contributed by atoms with E-state index in [9.17, 15) is 9.59 Å². The van der Waals surface area contributed by atoms with Gasteiger partial charge < -0.3 is 14.7 Å². The van der Waals surface area contributed by atoms with Gasteiger partial charge in [0.1, 0.15) is 5.82 Å². The fourth-order valence-corrected chi connectivity index (χ4v) is 6.36. The van der Waals surface area contributed by atoms with Crippen molar-refractivity contribution in [3.8, 4) is 0 Å². The standard InChI is InChI=1S/C31H38N4O2S/c1-22-9-11-28-26(19-22)20-27(30(32-28)34-17-15-33(16-18-34)24(3)36)21-35(14-13-25-7-5-4-6-8-25)31(37)29-12-10-23(2)38-29/h7,9-12,19-20H,4-6,8,13-18,21H2,1-3H3. The number of hydrogen-bond donors (Lipinski definition) is 0. The highest BCUT2D eigenvalue weighted by atomic mass is 32.1. The number of pyridine rings is 1. The molecule has 0 spiro atoms. The van der Waals surface area contributed by atoms with Crippen LogP contribution in [-0.4, -0.2) is 59.3 Å². The number of piperazine rings is 1. The molecular formula is C31H38N4O2S. The minimum atomic E-state index is 0.0937. The van der Waals surface area contributed by atoms with E-state index >= 15 is 0 Å². The molecule has 38 heavy (non-hydrogen) atoms. The number of aryl methyl sites for hydroxylation is 2. The monoisotopic (exact) mass is 530 g/mol. The Hall–Kier alpha value is -3.19. The SMILES string of the molecule is CC(=O)N1CCN(c2nc3ccc(C)cc3cc2CN(CCC2=CCCCC2)C(=O)c2ccc(C)s2)CC1. The van der Waals surface area contributed by atoms with Gasteiger partial charge in [-0.3, -0.25) is 9.59 Å². The lowest BCUT2D eigenvalue weighted by atomic mass is 9.97. The Morgan fingerprint density at radius 1 is 1.03 bits per heavy atom. The maximum atomic E-state index is 13.8. The van der Waals surface area contributed by atoms with Crippen LogP contribution in [-0.2, 0) is 11.3 Å². The van der Waals surface area contributed by atoms with Gasteiger partial charge in [-0.2, -0.15) is 0 Å². The predicted octanol–water partition coefficient (Wildman–Crippen LogP) is 6.11. The average molecular weight is 531 g/mol. The number of allylic oxidation sites excluding steroid dienone is 1. The predicted molar refractivity (Wildman–Crippen MR) is 156 cm³/mol. The van der Waals surface area contributed by atoms with Crippen LogP contribution in [0.15, 0.2) is 48.0 Å². The van der Waals surface area contributed by atoms with E-state index in [0.717, 1.165) is 64.4 Å². The Kier molecular flexibility index (Phi) is 8.12. The fourth-order valence-electron chi connectivity index (χ4n) is 5.53. The molecular weight excluding hydrogens is 492 g/mol. The Bertz CT molecular complexity index is 1350. The van der Waals surface area contributed by atoms with Gasteiger partial charge in [-0.25, -0.2) is 4.98 Å². The van der Waals surface area contributed by atoms with Crippen LogP contribution in [0, 0.1) is 13.8 Å². The van der Waals surface area contributed by atoms with Crippen molar-refractivity contribution in [3.05, 3.63) is 68.9 Å². The average Bonchev–Trinajstić information content (AvgIpc) is 3.37. The van der Waals surface area contributed by atoms with Gasteiger partial charge in [-0.05, 0) is 76.3 Å². The summed E-state index contributed by atoms with van der Waals surface area (Å²) in [6.45, 7) is 9.85. The summed E-state index contributed by atoms with van der Waals surface area (Å²) in [5.41, 5.74) is 4.70. The van der Waals surface area contributed by atoms with Crippen molar-refractivity contribution in [1.29, 1.82) is 0 Å². The normalized spacial score (nSPS) is 16.0. The molecule has 5 rings (SSSR count). The summed E-state index contributed by atoms with van der Waals surface area (Å²) in [5, 5.41) is 1.10. The summed E-state index contributed by atoms with van der Waals surface area (Å²) in [4.78, 5) is 39.0. The molecule has 1 saturated heterocycles. The summed E-state index contributed by atoms with van der Waals surface area (Å²) >= 11 is 1.57. The van der Waals surface area contributed by atoms with E-state index in [1.165, 1.54) is 24.0 Å². The Labute approximate surface area is 230 Å². The number of thiophene rings is 1. The van der Waals surface area contributed by atoms with Crippen molar-refractivity contribution in [2.45, 2.75) is 59.4 Å². The number of amides is 2. The molecule has 3 heterocycles. The highest BCUT2D eigenvalue weighted by molar-refractivity contribution is 7.13. The van der Waals surface area contributed by atoms with Crippen LogP contribution in [0.5, 0.6) is 0 Å². The van der Waals surface area contributed by atoms with Crippen molar-refractivity contribution < 1.29 is 9.59 Å². The molecule has 2 aliphatic rings. The van der Waals surface area contributed by atoms with E-state index in [0.29, 0.717) is 26.2 Å². The molecule has 0 atom stereocenters. The molecule has 1 aliphatic heterocycles. The highest BCUT2D eigenvalue weighted by Gasteiger charge is 2.25. The first kappa shape index (κ1) is 26.4. The molecule has 1 aromatic carbocycles. The van der Waals surface area contributed by atoms with Crippen molar-refractivity contribution in [1.82, 2.24) is 14.8 Å². The molecule has 0 saturated carbocycles. The minimum Gasteiger partial charge on any atom is -0.353 e. The third-order valence-corrected chi connectivity index (χ3v) is 8.73. The van der Waals surface area contributed by atoms with Crippen LogP contribution in [0.4, 0.5) is 5.82 Å². The molecule has 0 radical (unpaired) electrons. The second kappa shape index (κ2) is 11.7. The topological polar surface area (TPSA) is 56.8 Å². The highest BCUT2D eigenvalue weighted by Crippen LogP contribution is 2.29. The van der Waals surface area contributed by atoms with E-state index < -0.39 is 0 Å². The minimum absolute atomic E-state index is 0.0937. The number of hydrogen-bond acceptors (Lipinski definition) is 5. The molecule has 1 aliphatic carbocycles. The molecule has 3 aromatic rings. The summed E-state index contributed by atoms with van der Waals surface area (Å²) in [7, 11) is 0. The number of rotatable bonds is 7. The second-order valence-electron chi connectivity index (χ2n) is 10.7. The van der Waals surface area contributed by atoms with E-state index in [2.05, 4.69) is 42.2 Å². The molecule has 0 N–H and O–H groups in total. The van der Waals surface area contributed by atoms with Gasteiger partial charge in [0.2, 0.25) is 5.91 Å². The third-order valence-electron chi connectivity index (χ3n) is 7.74. The second-order valence-corrected chi connectivity index (χ2v) is 11.9. The Morgan fingerprint density at radius 2 is 1.84 bits per heavy atom. The van der Waals surface area contributed by atoms with Gasteiger partial charge in [-0.1, -0.05) is 23.3 Å². The molecule has 2 aromatic heterocycles.